The predicted octanol–water partition coefficient (Wildman–Crippen LogP) is 4.38. The Balaban J connectivity index is 1.72. The van der Waals surface area contributed by atoms with E-state index in [1.807, 2.05) is 18.2 Å². The molecule has 29 heavy (non-hydrogen) atoms. The maximum Gasteiger partial charge on any atom is 0.270 e. The van der Waals surface area contributed by atoms with Crippen LogP contribution in [0.1, 0.15) is 5.56 Å². The van der Waals surface area contributed by atoms with Crippen molar-refractivity contribution in [1.29, 1.82) is 0 Å². The van der Waals surface area contributed by atoms with Gasteiger partial charge in [-0.1, -0.05) is 29.5 Å². The third-order valence-electron chi connectivity index (χ3n) is 4.31. The minimum atomic E-state index is -4.00. The van der Waals surface area contributed by atoms with Gasteiger partial charge in [-0.3, -0.25) is 14.8 Å². The fourth-order valence-corrected chi connectivity index (χ4v) is 4.98. The van der Waals surface area contributed by atoms with Gasteiger partial charge in [-0.15, -0.1) is 0 Å². The van der Waals surface area contributed by atoms with Crippen LogP contribution in [0.4, 0.5) is 11.4 Å². The molecule has 2 heterocycles. The number of hydrogen-bond donors (Lipinski definition) is 1. The molecule has 0 aliphatic heterocycles. The number of nitrogens with one attached hydrogen (secondary N) is 1. The first kappa shape index (κ1) is 19.0. The zero-order valence-corrected chi connectivity index (χ0v) is 16.7. The quantitative estimate of drug-likeness (QED) is 0.374. The van der Waals surface area contributed by atoms with Gasteiger partial charge >= 0.3 is 0 Å². The molecule has 2 aromatic heterocycles. The Kier molecular flexibility index (Phi) is 4.73. The van der Waals surface area contributed by atoms with Gasteiger partial charge in [-0.05, 0) is 36.8 Å². The van der Waals surface area contributed by atoms with Crippen molar-refractivity contribution in [3.63, 3.8) is 0 Å². The lowest BCUT2D eigenvalue weighted by Crippen LogP contribution is -2.14. The van der Waals surface area contributed by atoms with E-state index in [2.05, 4.69) is 14.7 Å². The molecule has 0 radical (unpaired) electrons. The van der Waals surface area contributed by atoms with Gasteiger partial charge in [0.25, 0.3) is 15.7 Å². The van der Waals surface area contributed by atoms with Crippen LogP contribution in [0.2, 0.25) is 0 Å². The minimum Gasteiger partial charge on any atom is -0.279 e. The second-order valence-electron chi connectivity index (χ2n) is 6.18. The number of hydrogen-bond acceptors (Lipinski definition) is 7. The third-order valence-corrected chi connectivity index (χ3v) is 6.69. The number of nitro groups is 1. The standard InChI is InChI=1S/C19H14N4O4S2/c1-12-15(18-21-17-9-4-10-20-19(17)28-18)7-3-8-16(12)22-29(26,27)14-6-2-5-13(11-14)23(24)25/h2-11,22H,1H3. The summed E-state index contributed by atoms with van der Waals surface area (Å²) in [5.74, 6) is 0. The number of anilines is 1. The molecule has 0 saturated heterocycles. The largest absolute Gasteiger partial charge is 0.279 e. The van der Waals surface area contributed by atoms with Crippen LogP contribution in [0.25, 0.3) is 20.9 Å². The van der Waals surface area contributed by atoms with E-state index in [1.54, 1.807) is 25.3 Å². The molecule has 146 valence electrons. The normalized spacial score (nSPS) is 11.5. The Morgan fingerprint density at radius 2 is 1.90 bits per heavy atom. The van der Waals surface area contributed by atoms with Crippen LogP contribution in [0.15, 0.2) is 65.7 Å². The number of pyridine rings is 1. The molecule has 0 unspecified atom stereocenters. The average molecular weight is 426 g/mol. The molecule has 8 nitrogen and oxygen atoms in total. The summed E-state index contributed by atoms with van der Waals surface area (Å²) in [6.45, 7) is 1.79. The first-order valence-corrected chi connectivity index (χ1v) is 10.7. The molecule has 10 heteroatoms. The topological polar surface area (TPSA) is 115 Å². The molecule has 2 aromatic carbocycles. The van der Waals surface area contributed by atoms with E-state index in [9.17, 15) is 18.5 Å². The lowest BCUT2D eigenvalue weighted by atomic mass is 10.1. The molecule has 0 amide bonds. The molecule has 4 rings (SSSR count). The van der Waals surface area contributed by atoms with Crippen molar-refractivity contribution in [1.82, 2.24) is 9.97 Å². The number of benzene rings is 2. The summed E-state index contributed by atoms with van der Waals surface area (Å²) >= 11 is 1.42. The Morgan fingerprint density at radius 1 is 1.10 bits per heavy atom. The van der Waals surface area contributed by atoms with E-state index < -0.39 is 14.9 Å². The molecule has 1 N–H and O–H groups in total. The fourth-order valence-electron chi connectivity index (χ4n) is 2.83. The van der Waals surface area contributed by atoms with Crippen molar-refractivity contribution >= 4 is 43.1 Å². The first-order chi connectivity index (χ1) is 13.8. The van der Waals surface area contributed by atoms with Crippen molar-refractivity contribution in [3.05, 3.63) is 76.5 Å². The molecule has 0 saturated carbocycles. The zero-order valence-electron chi connectivity index (χ0n) is 15.1. The maximum atomic E-state index is 12.8. The second kappa shape index (κ2) is 7.22. The number of thiazole rings is 1. The number of nitrogens with zero attached hydrogens (tertiary/aromatic N) is 3. The van der Waals surface area contributed by atoms with Gasteiger partial charge in [0.15, 0.2) is 0 Å². The Morgan fingerprint density at radius 3 is 2.66 bits per heavy atom. The summed E-state index contributed by atoms with van der Waals surface area (Å²) in [4.78, 5) is 19.8. The predicted molar refractivity (Wildman–Crippen MR) is 111 cm³/mol. The fraction of sp³-hybridized carbons (Fsp3) is 0.0526. The number of rotatable bonds is 5. The van der Waals surface area contributed by atoms with Crippen molar-refractivity contribution in [3.8, 4) is 10.6 Å². The third kappa shape index (κ3) is 3.67. The molecule has 4 aromatic rings. The first-order valence-electron chi connectivity index (χ1n) is 8.44. The maximum absolute atomic E-state index is 12.8. The highest BCUT2D eigenvalue weighted by Crippen LogP contribution is 2.34. The van der Waals surface area contributed by atoms with Crippen LogP contribution in [0.3, 0.4) is 0 Å². The Labute approximate surface area is 170 Å². The summed E-state index contributed by atoms with van der Waals surface area (Å²) in [6.07, 6.45) is 1.70. The molecule has 0 aliphatic carbocycles. The highest BCUT2D eigenvalue weighted by molar-refractivity contribution is 7.92. The smallest absolute Gasteiger partial charge is 0.270 e. The molecule has 0 fully saturated rings. The van der Waals surface area contributed by atoms with E-state index in [1.165, 1.54) is 29.5 Å². The number of sulfonamides is 1. The summed E-state index contributed by atoms with van der Waals surface area (Å²) in [7, 11) is -4.00. The number of aromatic nitrogens is 2. The number of fused-ring (bicyclic) bond motifs is 1. The Hall–Kier alpha value is -3.37. The number of nitro benzene ring substituents is 1. The van der Waals surface area contributed by atoms with Crippen molar-refractivity contribution in [2.24, 2.45) is 0 Å². The van der Waals surface area contributed by atoms with Gasteiger partial charge in [0, 0.05) is 23.9 Å². The molecule has 0 bridgehead atoms. The summed E-state index contributed by atoms with van der Waals surface area (Å²) < 4.78 is 28.0. The van der Waals surface area contributed by atoms with E-state index in [0.29, 0.717) is 11.3 Å². The van der Waals surface area contributed by atoms with E-state index in [-0.39, 0.29) is 10.6 Å². The highest BCUT2D eigenvalue weighted by Gasteiger charge is 2.20. The Bertz CT molecular complexity index is 1320. The molecule has 0 atom stereocenters. The van der Waals surface area contributed by atoms with Crippen LogP contribution >= 0.6 is 11.3 Å². The summed E-state index contributed by atoms with van der Waals surface area (Å²) in [6, 6.07) is 13.8. The highest BCUT2D eigenvalue weighted by atomic mass is 32.2. The van der Waals surface area contributed by atoms with Crippen LogP contribution in [0.5, 0.6) is 0 Å². The SMILES string of the molecule is Cc1c(NS(=O)(=O)c2cccc([N+](=O)[O-])c2)cccc1-c1nc2cccnc2s1. The van der Waals surface area contributed by atoms with Crippen LogP contribution in [-0.2, 0) is 10.0 Å². The van der Waals surface area contributed by atoms with Gasteiger partial charge in [-0.2, -0.15) is 0 Å². The molecular weight excluding hydrogens is 412 g/mol. The monoisotopic (exact) mass is 426 g/mol. The molecule has 0 spiro atoms. The van der Waals surface area contributed by atoms with E-state index in [0.717, 1.165) is 27.0 Å². The lowest BCUT2D eigenvalue weighted by Gasteiger charge is -2.12. The average Bonchev–Trinajstić information content (AvgIpc) is 3.13. The van der Waals surface area contributed by atoms with Gasteiger partial charge in [0.1, 0.15) is 15.4 Å². The van der Waals surface area contributed by atoms with Gasteiger partial charge in [-0.25, -0.2) is 18.4 Å². The van der Waals surface area contributed by atoms with Crippen LogP contribution < -0.4 is 4.72 Å². The van der Waals surface area contributed by atoms with Gasteiger partial charge in [0.2, 0.25) is 0 Å². The van der Waals surface area contributed by atoms with Crippen LogP contribution in [0, 0.1) is 17.0 Å². The van der Waals surface area contributed by atoms with E-state index >= 15 is 0 Å². The zero-order chi connectivity index (χ0) is 20.6. The minimum absolute atomic E-state index is 0.180. The second-order valence-corrected chi connectivity index (χ2v) is 8.84. The van der Waals surface area contributed by atoms with E-state index in [4.69, 9.17) is 0 Å². The van der Waals surface area contributed by atoms with Crippen molar-refractivity contribution in [2.45, 2.75) is 11.8 Å². The van der Waals surface area contributed by atoms with Crippen molar-refractivity contribution < 1.29 is 13.3 Å². The van der Waals surface area contributed by atoms with Crippen molar-refractivity contribution in [2.75, 3.05) is 4.72 Å². The van der Waals surface area contributed by atoms with Crippen LogP contribution in [-0.4, -0.2) is 23.3 Å². The van der Waals surface area contributed by atoms with Gasteiger partial charge < -0.3 is 0 Å². The van der Waals surface area contributed by atoms with Gasteiger partial charge in [0.05, 0.1) is 15.5 Å². The number of non-ortho nitro benzene ring substituents is 1. The molecule has 0 aliphatic rings. The summed E-state index contributed by atoms with van der Waals surface area (Å²) in [5, 5.41) is 11.7. The lowest BCUT2D eigenvalue weighted by molar-refractivity contribution is -0.385. The summed E-state index contributed by atoms with van der Waals surface area (Å²) in [5.41, 5.74) is 2.34. The molecular formula is C19H14N4O4S2.